The molecule has 0 aromatic carbocycles. The quantitative estimate of drug-likeness (QED) is 0.577. The van der Waals surface area contributed by atoms with Crippen molar-refractivity contribution in [3.8, 4) is 0 Å². The topological polar surface area (TPSA) is 50.4 Å². The Balaban J connectivity index is 1.93. The molecule has 2 rings (SSSR count). The molecule has 0 unspecified atom stereocenters. The minimum Gasteiger partial charge on any atom is -0.459 e. The predicted molar refractivity (Wildman–Crippen MR) is 52.9 cm³/mol. The summed E-state index contributed by atoms with van der Waals surface area (Å²) in [6.45, 7) is 8.50. The molecular weight excluding hydrogens is 180 g/mol. The van der Waals surface area contributed by atoms with Crippen LogP contribution >= 0.6 is 0 Å². The largest absolute Gasteiger partial charge is 0.459 e. The van der Waals surface area contributed by atoms with Crippen LogP contribution in [0.2, 0.25) is 0 Å². The second-order valence-electron chi connectivity index (χ2n) is 5.31. The number of hydrogen-bond acceptors (Lipinski definition) is 4. The normalized spacial score (nSPS) is 29.2. The molecule has 2 saturated heterocycles. The summed E-state index contributed by atoms with van der Waals surface area (Å²) in [7, 11) is 0. The summed E-state index contributed by atoms with van der Waals surface area (Å²) in [5, 5.41) is 6.35. The number of nitrogens with one attached hydrogen (secondary N) is 2. The fraction of sp³-hybridized carbons (Fsp3) is 0.900. The SMILES string of the molecule is CC(C)(C)OC(=O)[C@@H]1NCC12CNC2. The van der Waals surface area contributed by atoms with Crippen LogP contribution in [0.1, 0.15) is 20.8 Å². The van der Waals surface area contributed by atoms with Crippen molar-refractivity contribution in [2.24, 2.45) is 5.41 Å². The van der Waals surface area contributed by atoms with Crippen LogP contribution in [0.15, 0.2) is 0 Å². The third kappa shape index (κ3) is 1.53. The number of carbonyl (C=O) groups is 1. The number of hydrogen-bond donors (Lipinski definition) is 2. The minimum atomic E-state index is -0.382. The van der Waals surface area contributed by atoms with E-state index in [0.29, 0.717) is 0 Å². The molecule has 4 heteroatoms. The van der Waals surface area contributed by atoms with E-state index < -0.39 is 0 Å². The average Bonchev–Trinajstić information content (AvgIpc) is 1.73. The van der Waals surface area contributed by atoms with Gasteiger partial charge in [-0.25, -0.2) is 0 Å². The zero-order valence-corrected chi connectivity index (χ0v) is 9.02. The maximum Gasteiger partial charge on any atom is 0.324 e. The van der Waals surface area contributed by atoms with Gasteiger partial charge in [0.25, 0.3) is 0 Å². The molecule has 0 aliphatic carbocycles. The Kier molecular flexibility index (Phi) is 2.08. The van der Waals surface area contributed by atoms with Gasteiger partial charge in [-0.15, -0.1) is 0 Å². The Morgan fingerprint density at radius 3 is 2.29 bits per heavy atom. The lowest BCUT2D eigenvalue weighted by Gasteiger charge is -2.55. The molecule has 14 heavy (non-hydrogen) atoms. The minimum absolute atomic E-state index is 0.0945. The second kappa shape index (κ2) is 2.94. The Morgan fingerprint density at radius 2 is 2.00 bits per heavy atom. The van der Waals surface area contributed by atoms with Crippen molar-refractivity contribution in [1.29, 1.82) is 0 Å². The Bertz CT molecular complexity index is 248. The molecular formula is C10H18N2O2. The molecule has 2 aliphatic rings. The van der Waals surface area contributed by atoms with Gasteiger partial charge < -0.3 is 15.4 Å². The van der Waals surface area contributed by atoms with Gasteiger partial charge in [-0.05, 0) is 20.8 Å². The standard InChI is InChI=1S/C10H18N2O2/c1-9(2,3)14-8(13)7-10(6-12-7)4-11-5-10/h7,11-12H,4-6H2,1-3H3/t7-/m0/s1. The molecule has 0 saturated carbocycles. The molecule has 0 aromatic rings. The number of ether oxygens (including phenoxy) is 1. The van der Waals surface area contributed by atoms with Crippen LogP contribution in [-0.4, -0.2) is 37.2 Å². The zero-order chi connectivity index (χ0) is 10.4. The molecule has 2 heterocycles. The van der Waals surface area contributed by atoms with E-state index in [0.717, 1.165) is 19.6 Å². The molecule has 0 amide bonds. The van der Waals surface area contributed by atoms with Gasteiger partial charge in [0.05, 0.1) is 0 Å². The zero-order valence-electron chi connectivity index (χ0n) is 9.02. The molecule has 4 nitrogen and oxygen atoms in total. The summed E-state index contributed by atoms with van der Waals surface area (Å²) >= 11 is 0. The van der Waals surface area contributed by atoms with Gasteiger partial charge >= 0.3 is 5.97 Å². The van der Waals surface area contributed by atoms with E-state index in [9.17, 15) is 4.79 Å². The van der Waals surface area contributed by atoms with Crippen molar-refractivity contribution in [3.63, 3.8) is 0 Å². The third-order valence-electron chi connectivity index (χ3n) is 2.87. The lowest BCUT2D eigenvalue weighted by Crippen LogP contribution is -2.78. The Labute approximate surface area is 84.4 Å². The van der Waals surface area contributed by atoms with Crippen LogP contribution in [0.4, 0.5) is 0 Å². The molecule has 0 bridgehead atoms. The summed E-state index contributed by atoms with van der Waals surface area (Å²) in [4.78, 5) is 11.7. The highest BCUT2D eigenvalue weighted by atomic mass is 16.6. The lowest BCUT2D eigenvalue weighted by atomic mass is 9.69. The van der Waals surface area contributed by atoms with Crippen LogP contribution in [0.25, 0.3) is 0 Å². The van der Waals surface area contributed by atoms with Crippen molar-refractivity contribution >= 4 is 5.97 Å². The molecule has 2 fully saturated rings. The van der Waals surface area contributed by atoms with E-state index in [-0.39, 0.29) is 23.0 Å². The molecule has 1 spiro atoms. The van der Waals surface area contributed by atoms with Crippen LogP contribution in [0.3, 0.4) is 0 Å². The highest BCUT2D eigenvalue weighted by molar-refractivity contribution is 5.79. The molecule has 2 N–H and O–H groups in total. The monoisotopic (exact) mass is 198 g/mol. The first-order valence-electron chi connectivity index (χ1n) is 5.10. The maximum absolute atomic E-state index is 11.7. The van der Waals surface area contributed by atoms with Crippen LogP contribution in [0.5, 0.6) is 0 Å². The van der Waals surface area contributed by atoms with Crippen LogP contribution in [-0.2, 0) is 9.53 Å². The van der Waals surface area contributed by atoms with Gasteiger partial charge in [0.15, 0.2) is 0 Å². The molecule has 0 aromatic heterocycles. The predicted octanol–water partition coefficient (Wildman–Crippen LogP) is -0.110. The fourth-order valence-electron chi connectivity index (χ4n) is 1.96. The van der Waals surface area contributed by atoms with Crippen molar-refractivity contribution in [2.45, 2.75) is 32.4 Å². The third-order valence-corrected chi connectivity index (χ3v) is 2.87. The van der Waals surface area contributed by atoms with E-state index in [4.69, 9.17) is 4.74 Å². The first-order valence-corrected chi connectivity index (χ1v) is 5.10. The Hall–Kier alpha value is -0.610. The maximum atomic E-state index is 11.7. The summed E-state index contributed by atoms with van der Waals surface area (Å²) < 4.78 is 5.34. The van der Waals surface area contributed by atoms with Crippen molar-refractivity contribution < 1.29 is 9.53 Å². The average molecular weight is 198 g/mol. The first-order chi connectivity index (χ1) is 6.43. The Morgan fingerprint density at radius 1 is 1.36 bits per heavy atom. The van der Waals surface area contributed by atoms with Gasteiger partial charge in [-0.2, -0.15) is 0 Å². The van der Waals surface area contributed by atoms with Gasteiger partial charge in [0.1, 0.15) is 11.6 Å². The fourth-order valence-corrected chi connectivity index (χ4v) is 1.96. The van der Waals surface area contributed by atoms with Gasteiger partial charge in [0, 0.05) is 25.0 Å². The van der Waals surface area contributed by atoms with Crippen LogP contribution < -0.4 is 10.6 Å². The molecule has 80 valence electrons. The summed E-state index contributed by atoms with van der Waals surface area (Å²) in [6.07, 6.45) is 0. The van der Waals surface area contributed by atoms with E-state index in [1.54, 1.807) is 0 Å². The van der Waals surface area contributed by atoms with Crippen LogP contribution in [0, 0.1) is 5.41 Å². The second-order valence-corrected chi connectivity index (χ2v) is 5.31. The smallest absolute Gasteiger partial charge is 0.324 e. The van der Waals surface area contributed by atoms with Crippen molar-refractivity contribution in [1.82, 2.24) is 10.6 Å². The highest BCUT2D eigenvalue weighted by Gasteiger charge is 2.55. The summed E-state index contributed by atoms with van der Waals surface area (Å²) in [6, 6.07) is -0.0945. The van der Waals surface area contributed by atoms with Gasteiger partial charge in [0.2, 0.25) is 0 Å². The molecule has 0 radical (unpaired) electrons. The highest BCUT2D eigenvalue weighted by Crippen LogP contribution is 2.34. The summed E-state index contributed by atoms with van der Waals surface area (Å²) in [5.74, 6) is -0.106. The first kappa shape index (κ1) is 9.93. The van der Waals surface area contributed by atoms with E-state index in [1.807, 2.05) is 20.8 Å². The molecule has 2 aliphatic heterocycles. The number of carbonyl (C=O) groups excluding carboxylic acids is 1. The van der Waals surface area contributed by atoms with Gasteiger partial charge in [-0.3, -0.25) is 4.79 Å². The molecule has 1 atom stereocenters. The number of esters is 1. The van der Waals surface area contributed by atoms with E-state index in [2.05, 4.69) is 10.6 Å². The number of rotatable bonds is 1. The van der Waals surface area contributed by atoms with Crippen molar-refractivity contribution in [3.05, 3.63) is 0 Å². The van der Waals surface area contributed by atoms with E-state index >= 15 is 0 Å². The van der Waals surface area contributed by atoms with Crippen molar-refractivity contribution in [2.75, 3.05) is 19.6 Å². The summed E-state index contributed by atoms with van der Waals surface area (Å²) in [5.41, 5.74) is -0.227. The lowest BCUT2D eigenvalue weighted by molar-refractivity contribution is -0.168. The van der Waals surface area contributed by atoms with E-state index in [1.165, 1.54) is 0 Å². The van der Waals surface area contributed by atoms with Gasteiger partial charge in [-0.1, -0.05) is 0 Å².